The molecule has 1 unspecified atom stereocenters. The van der Waals surface area contributed by atoms with Crippen molar-refractivity contribution >= 4 is 10.1 Å². The molecule has 0 spiro atoms. The molecule has 1 aromatic carbocycles. The molecule has 0 aliphatic rings. The Labute approximate surface area is 101 Å². The first kappa shape index (κ1) is 14.0. The molecular weight excluding hydrogens is 244 g/mol. The van der Waals surface area contributed by atoms with Gasteiger partial charge in [-0.2, -0.15) is 8.42 Å². The monoisotopic (exact) mass is 260 g/mol. The average molecular weight is 260 g/mol. The topological polar surface area (TPSA) is 83.8 Å². The standard InChI is InChI=1S/C11H16O5S/c1-3-8-6-9(4-5-11(8)16-2)10(12)7-17(13,14)15/h4-6,10,12H,3,7H2,1-2H3,(H,13,14,15). The van der Waals surface area contributed by atoms with Gasteiger partial charge in [-0.1, -0.05) is 13.0 Å². The number of hydrogen-bond acceptors (Lipinski definition) is 4. The van der Waals surface area contributed by atoms with E-state index in [1.54, 1.807) is 25.3 Å². The molecule has 17 heavy (non-hydrogen) atoms. The smallest absolute Gasteiger partial charge is 0.267 e. The van der Waals surface area contributed by atoms with Crippen LogP contribution in [0.15, 0.2) is 18.2 Å². The average Bonchev–Trinajstić information content (AvgIpc) is 2.25. The molecule has 1 atom stereocenters. The molecule has 0 heterocycles. The zero-order valence-corrected chi connectivity index (χ0v) is 10.6. The largest absolute Gasteiger partial charge is 0.496 e. The maximum absolute atomic E-state index is 10.7. The molecule has 0 bridgehead atoms. The number of aliphatic hydroxyl groups excluding tert-OH is 1. The second kappa shape index (κ2) is 5.48. The Bertz CT molecular complexity index is 481. The Morgan fingerprint density at radius 2 is 2.06 bits per heavy atom. The molecule has 0 radical (unpaired) electrons. The zero-order valence-electron chi connectivity index (χ0n) is 9.75. The summed E-state index contributed by atoms with van der Waals surface area (Å²) in [5.74, 6) is -0.0158. The molecule has 5 nitrogen and oxygen atoms in total. The van der Waals surface area contributed by atoms with Crippen LogP contribution in [0.25, 0.3) is 0 Å². The van der Waals surface area contributed by atoms with Gasteiger partial charge < -0.3 is 9.84 Å². The number of aliphatic hydroxyl groups is 1. The summed E-state index contributed by atoms with van der Waals surface area (Å²) in [6.45, 7) is 1.93. The number of hydrogen-bond donors (Lipinski definition) is 2. The van der Waals surface area contributed by atoms with E-state index in [1.165, 1.54) is 0 Å². The molecule has 0 aliphatic heterocycles. The van der Waals surface area contributed by atoms with Crippen molar-refractivity contribution in [3.63, 3.8) is 0 Å². The van der Waals surface area contributed by atoms with E-state index in [0.29, 0.717) is 17.7 Å². The van der Waals surface area contributed by atoms with Crippen LogP contribution in [-0.4, -0.2) is 30.9 Å². The van der Waals surface area contributed by atoms with Crippen molar-refractivity contribution in [2.45, 2.75) is 19.4 Å². The van der Waals surface area contributed by atoms with Crippen LogP contribution >= 0.6 is 0 Å². The Kier molecular flexibility index (Phi) is 4.50. The highest BCUT2D eigenvalue weighted by atomic mass is 32.2. The van der Waals surface area contributed by atoms with Gasteiger partial charge in [0.15, 0.2) is 0 Å². The van der Waals surface area contributed by atoms with E-state index >= 15 is 0 Å². The van der Waals surface area contributed by atoms with Crippen LogP contribution in [-0.2, 0) is 16.5 Å². The van der Waals surface area contributed by atoms with Crippen molar-refractivity contribution in [1.82, 2.24) is 0 Å². The van der Waals surface area contributed by atoms with E-state index in [-0.39, 0.29) is 0 Å². The van der Waals surface area contributed by atoms with Crippen molar-refractivity contribution in [3.8, 4) is 5.75 Å². The molecule has 1 aromatic rings. The number of aryl methyl sites for hydroxylation is 1. The van der Waals surface area contributed by atoms with Gasteiger partial charge in [0.1, 0.15) is 11.5 Å². The van der Waals surface area contributed by atoms with E-state index in [9.17, 15) is 13.5 Å². The molecule has 0 amide bonds. The Balaban J connectivity index is 2.99. The lowest BCUT2D eigenvalue weighted by molar-refractivity contribution is 0.199. The van der Waals surface area contributed by atoms with Gasteiger partial charge in [-0.05, 0) is 29.7 Å². The minimum absolute atomic E-state index is 0.445. The highest BCUT2D eigenvalue weighted by Crippen LogP contribution is 2.24. The first-order chi connectivity index (χ1) is 7.87. The molecular formula is C11H16O5S. The second-order valence-electron chi connectivity index (χ2n) is 3.69. The second-order valence-corrected chi connectivity index (χ2v) is 5.19. The molecule has 1 rings (SSSR count). The van der Waals surface area contributed by atoms with Crippen LogP contribution in [0.2, 0.25) is 0 Å². The van der Waals surface area contributed by atoms with Gasteiger partial charge in [-0.25, -0.2) is 0 Å². The molecule has 0 saturated carbocycles. The summed E-state index contributed by atoms with van der Waals surface area (Å²) in [6.07, 6.45) is -0.531. The van der Waals surface area contributed by atoms with Crippen LogP contribution in [0, 0.1) is 0 Å². The fourth-order valence-electron chi connectivity index (χ4n) is 1.58. The zero-order chi connectivity index (χ0) is 13.1. The molecule has 2 N–H and O–H groups in total. The molecule has 6 heteroatoms. The number of methoxy groups -OCH3 is 1. The Morgan fingerprint density at radius 1 is 1.41 bits per heavy atom. The summed E-state index contributed by atoms with van der Waals surface area (Å²) in [5.41, 5.74) is 1.32. The molecule has 0 fully saturated rings. The fraction of sp³-hybridized carbons (Fsp3) is 0.455. The van der Waals surface area contributed by atoms with Gasteiger partial charge in [0, 0.05) is 0 Å². The summed E-state index contributed by atoms with van der Waals surface area (Å²) in [5, 5.41) is 9.66. The molecule has 96 valence electrons. The van der Waals surface area contributed by atoms with Gasteiger partial charge in [-0.15, -0.1) is 0 Å². The van der Waals surface area contributed by atoms with E-state index in [2.05, 4.69) is 0 Å². The van der Waals surface area contributed by atoms with Crippen LogP contribution in [0.3, 0.4) is 0 Å². The van der Waals surface area contributed by atoms with Gasteiger partial charge in [-0.3, -0.25) is 4.55 Å². The van der Waals surface area contributed by atoms with Crippen molar-refractivity contribution in [2.24, 2.45) is 0 Å². The lowest BCUT2D eigenvalue weighted by Crippen LogP contribution is -2.13. The van der Waals surface area contributed by atoms with Crippen molar-refractivity contribution in [3.05, 3.63) is 29.3 Å². The predicted molar refractivity (Wildman–Crippen MR) is 63.7 cm³/mol. The van der Waals surface area contributed by atoms with E-state index in [1.807, 2.05) is 6.92 Å². The highest BCUT2D eigenvalue weighted by Gasteiger charge is 2.17. The van der Waals surface area contributed by atoms with Crippen LogP contribution in [0.4, 0.5) is 0 Å². The molecule has 0 saturated heterocycles. The third kappa shape index (κ3) is 3.99. The summed E-state index contributed by atoms with van der Waals surface area (Å²) in [7, 11) is -2.64. The van der Waals surface area contributed by atoms with Gasteiger partial charge in [0.05, 0.1) is 13.2 Å². The van der Waals surface area contributed by atoms with Crippen molar-refractivity contribution in [1.29, 1.82) is 0 Å². The third-order valence-electron chi connectivity index (χ3n) is 2.44. The van der Waals surface area contributed by atoms with Crippen LogP contribution in [0.1, 0.15) is 24.2 Å². The highest BCUT2D eigenvalue weighted by molar-refractivity contribution is 7.85. The molecule has 0 aromatic heterocycles. The third-order valence-corrected chi connectivity index (χ3v) is 3.18. The number of benzene rings is 1. The number of rotatable bonds is 5. The maximum atomic E-state index is 10.7. The lowest BCUT2D eigenvalue weighted by atomic mass is 10.0. The minimum atomic E-state index is -4.19. The predicted octanol–water partition coefficient (Wildman–Crippen LogP) is 1.18. The van der Waals surface area contributed by atoms with E-state index < -0.39 is 22.0 Å². The first-order valence-corrected chi connectivity index (χ1v) is 6.78. The Hall–Kier alpha value is -1.11. The van der Waals surface area contributed by atoms with E-state index in [4.69, 9.17) is 9.29 Å². The fourth-order valence-corrected chi connectivity index (χ4v) is 2.17. The molecule has 0 aliphatic carbocycles. The van der Waals surface area contributed by atoms with Crippen molar-refractivity contribution < 1.29 is 22.8 Å². The summed E-state index contributed by atoms with van der Waals surface area (Å²) >= 11 is 0. The Morgan fingerprint density at radius 3 is 2.53 bits per heavy atom. The summed E-state index contributed by atoms with van der Waals surface area (Å²) in [6, 6.07) is 4.92. The maximum Gasteiger partial charge on any atom is 0.267 e. The normalized spacial score (nSPS) is 13.4. The summed E-state index contributed by atoms with van der Waals surface area (Å²) < 4.78 is 35.1. The SMILES string of the molecule is CCc1cc(C(O)CS(=O)(=O)O)ccc1OC. The van der Waals surface area contributed by atoms with Crippen molar-refractivity contribution in [2.75, 3.05) is 12.9 Å². The van der Waals surface area contributed by atoms with Gasteiger partial charge >= 0.3 is 0 Å². The van der Waals surface area contributed by atoms with E-state index in [0.717, 1.165) is 5.56 Å². The lowest BCUT2D eigenvalue weighted by Gasteiger charge is -2.13. The van der Waals surface area contributed by atoms with Crippen LogP contribution in [0.5, 0.6) is 5.75 Å². The van der Waals surface area contributed by atoms with Gasteiger partial charge in [0.25, 0.3) is 10.1 Å². The van der Waals surface area contributed by atoms with Gasteiger partial charge in [0.2, 0.25) is 0 Å². The first-order valence-electron chi connectivity index (χ1n) is 5.17. The minimum Gasteiger partial charge on any atom is -0.496 e. The quantitative estimate of drug-likeness (QED) is 0.777. The van der Waals surface area contributed by atoms with Crippen LogP contribution < -0.4 is 4.74 Å². The summed E-state index contributed by atoms with van der Waals surface area (Å²) in [4.78, 5) is 0. The number of ether oxygens (including phenoxy) is 1.